The lowest BCUT2D eigenvalue weighted by Crippen LogP contribution is -2.06. The van der Waals surface area contributed by atoms with E-state index in [0.717, 1.165) is 12.2 Å². The largest absolute Gasteiger partial charge is 0.466 e. The molecule has 25 heavy (non-hydrogen) atoms. The van der Waals surface area contributed by atoms with Gasteiger partial charge in [-0.15, -0.1) is 0 Å². The number of carbonyl (C=O) groups excluding carboxylic acids is 1. The van der Waals surface area contributed by atoms with Gasteiger partial charge in [0.2, 0.25) is 9.84 Å². The quantitative estimate of drug-likeness (QED) is 0.486. The molecule has 0 fully saturated rings. The molecule has 130 valence electrons. The molecule has 0 aliphatic heterocycles. The highest BCUT2D eigenvalue weighted by Gasteiger charge is 2.18. The second kappa shape index (κ2) is 8.25. The fourth-order valence-electron chi connectivity index (χ4n) is 1.87. The molecule has 0 atom stereocenters. The zero-order valence-electron chi connectivity index (χ0n) is 13.3. The molecule has 2 aromatic carbocycles. The summed E-state index contributed by atoms with van der Waals surface area (Å²) in [7, 11) is -2.66. The topological polar surface area (TPSA) is 72.5 Å². The lowest BCUT2D eigenvalue weighted by molar-refractivity contribution is -0.134. The molecule has 0 radical (unpaired) electrons. The van der Waals surface area contributed by atoms with Gasteiger partial charge in [-0.1, -0.05) is 18.2 Å². The van der Waals surface area contributed by atoms with Gasteiger partial charge in [-0.2, -0.15) is 0 Å². The van der Waals surface area contributed by atoms with Crippen LogP contribution in [0.2, 0.25) is 0 Å². The van der Waals surface area contributed by atoms with Crippen molar-refractivity contribution in [3.8, 4) is 0 Å². The summed E-state index contributed by atoms with van der Waals surface area (Å²) in [6.07, 6.45) is 3.39. The number of ether oxygens (including phenoxy) is 1. The summed E-state index contributed by atoms with van der Waals surface area (Å²) >= 11 is 0. The van der Waals surface area contributed by atoms with Gasteiger partial charge in [0.1, 0.15) is 5.82 Å². The standard InChI is InChI=1S/C18H16FNO4S/c1-24-18(21)12-11-17(13-20-15-9-7-14(19)8-10-15)25(22,23)16-5-3-2-4-6-16/h2-13,20H,1H3/b12-11+,17-13-. The Bertz CT molecular complexity index is 888. The van der Waals surface area contributed by atoms with Crippen molar-refractivity contribution in [1.82, 2.24) is 0 Å². The lowest BCUT2D eigenvalue weighted by atomic mass is 10.3. The first kappa shape index (κ1) is 18.4. The van der Waals surface area contributed by atoms with Gasteiger partial charge in [0.05, 0.1) is 16.9 Å². The first-order valence-corrected chi connectivity index (χ1v) is 8.70. The Balaban J connectivity index is 2.38. The number of benzene rings is 2. The summed E-state index contributed by atoms with van der Waals surface area (Å²) in [6.45, 7) is 0. The Morgan fingerprint density at radius 3 is 2.28 bits per heavy atom. The van der Waals surface area contributed by atoms with Crippen molar-refractivity contribution in [2.75, 3.05) is 12.4 Å². The minimum Gasteiger partial charge on any atom is -0.466 e. The molecule has 0 aliphatic carbocycles. The van der Waals surface area contributed by atoms with Gasteiger partial charge >= 0.3 is 5.97 Å². The maximum atomic E-state index is 12.9. The zero-order chi connectivity index (χ0) is 18.3. The Morgan fingerprint density at radius 2 is 1.68 bits per heavy atom. The summed E-state index contributed by atoms with van der Waals surface area (Å²) in [5, 5.41) is 2.78. The Morgan fingerprint density at radius 1 is 1.04 bits per heavy atom. The zero-order valence-corrected chi connectivity index (χ0v) is 14.2. The van der Waals surface area contributed by atoms with E-state index in [1.807, 2.05) is 0 Å². The highest BCUT2D eigenvalue weighted by Crippen LogP contribution is 2.20. The minimum absolute atomic E-state index is 0.0803. The van der Waals surface area contributed by atoms with Crippen molar-refractivity contribution in [2.45, 2.75) is 4.90 Å². The third kappa shape index (κ3) is 5.02. The average molecular weight is 361 g/mol. The molecule has 2 rings (SSSR count). The fourth-order valence-corrected chi connectivity index (χ4v) is 3.12. The third-order valence-corrected chi connectivity index (χ3v) is 4.94. The monoisotopic (exact) mass is 361 g/mol. The van der Waals surface area contributed by atoms with E-state index in [-0.39, 0.29) is 9.80 Å². The average Bonchev–Trinajstić information content (AvgIpc) is 2.63. The molecule has 2 aromatic rings. The molecule has 0 unspecified atom stereocenters. The van der Waals surface area contributed by atoms with Crippen molar-refractivity contribution in [1.29, 1.82) is 0 Å². The number of esters is 1. The van der Waals surface area contributed by atoms with Gasteiger partial charge in [-0.3, -0.25) is 0 Å². The molecule has 0 heterocycles. The second-order valence-corrected chi connectivity index (χ2v) is 6.82. The molecule has 7 heteroatoms. The predicted molar refractivity (Wildman–Crippen MR) is 92.9 cm³/mol. The molecular formula is C18H16FNO4S. The van der Waals surface area contributed by atoms with Crippen LogP contribution in [0.5, 0.6) is 0 Å². The number of carbonyl (C=O) groups is 1. The normalized spacial score (nSPS) is 12.2. The number of hydrogen-bond donors (Lipinski definition) is 1. The summed E-state index contributed by atoms with van der Waals surface area (Å²) in [4.78, 5) is 11.2. The highest BCUT2D eigenvalue weighted by atomic mass is 32.2. The van der Waals surface area contributed by atoms with E-state index in [9.17, 15) is 17.6 Å². The Kier molecular flexibility index (Phi) is 6.08. The van der Waals surface area contributed by atoms with Gasteiger partial charge < -0.3 is 10.1 Å². The van der Waals surface area contributed by atoms with Crippen LogP contribution in [-0.4, -0.2) is 21.5 Å². The van der Waals surface area contributed by atoms with Crippen LogP contribution in [0.4, 0.5) is 10.1 Å². The SMILES string of the molecule is COC(=O)/C=C/C(=C/Nc1ccc(F)cc1)S(=O)(=O)c1ccccc1. The number of nitrogens with one attached hydrogen (secondary N) is 1. The van der Waals surface area contributed by atoms with Gasteiger partial charge in [-0.25, -0.2) is 17.6 Å². The van der Waals surface area contributed by atoms with E-state index >= 15 is 0 Å². The Labute approximate surface area is 145 Å². The number of anilines is 1. The summed E-state index contributed by atoms with van der Waals surface area (Å²) in [6, 6.07) is 13.2. The van der Waals surface area contributed by atoms with Crippen LogP contribution in [0, 0.1) is 5.82 Å². The molecule has 0 saturated carbocycles. The number of hydrogen-bond acceptors (Lipinski definition) is 5. The summed E-state index contributed by atoms with van der Waals surface area (Å²) < 4.78 is 42.9. The molecular weight excluding hydrogens is 345 g/mol. The van der Waals surface area contributed by atoms with Crippen molar-refractivity contribution in [2.24, 2.45) is 0 Å². The van der Waals surface area contributed by atoms with Crippen LogP contribution < -0.4 is 5.32 Å². The molecule has 0 bridgehead atoms. The molecule has 0 spiro atoms. The van der Waals surface area contributed by atoms with Crippen LogP contribution in [-0.2, 0) is 19.4 Å². The third-order valence-electron chi connectivity index (χ3n) is 3.17. The van der Waals surface area contributed by atoms with Crippen LogP contribution in [0.15, 0.2) is 82.7 Å². The predicted octanol–water partition coefficient (Wildman–Crippen LogP) is 3.28. The van der Waals surface area contributed by atoms with Crippen molar-refractivity contribution >= 4 is 21.5 Å². The molecule has 0 amide bonds. The van der Waals surface area contributed by atoms with E-state index in [2.05, 4.69) is 10.1 Å². The van der Waals surface area contributed by atoms with Gasteiger partial charge in [0.25, 0.3) is 0 Å². The maximum absolute atomic E-state index is 12.9. The fraction of sp³-hybridized carbons (Fsp3) is 0.0556. The number of allylic oxidation sites excluding steroid dienone is 1. The van der Waals surface area contributed by atoms with Crippen LogP contribution in [0.1, 0.15) is 0 Å². The van der Waals surface area contributed by atoms with E-state index in [0.29, 0.717) is 5.69 Å². The van der Waals surface area contributed by atoms with Crippen LogP contribution >= 0.6 is 0 Å². The number of rotatable bonds is 6. The van der Waals surface area contributed by atoms with Gasteiger partial charge in [0.15, 0.2) is 0 Å². The smallest absolute Gasteiger partial charge is 0.330 e. The van der Waals surface area contributed by atoms with Crippen molar-refractivity contribution in [3.63, 3.8) is 0 Å². The van der Waals surface area contributed by atoms with Gasteiger partial charge in [-0.05, 0) is 42.5 Å². The Hall–Kier alpha value is -2.93. The first-order valence-electron chi connectivity index (χ1n) is 7.22. The van der Waals surface area contributed by atoms with Gasteiger partial charge in [0, 0.05) is 18.0 Å². The van der Waals surface area contributed by atoms with Crippen molar-refractivity contribution < 1.29 is 22.3 Å². The minimum atomic E-state index is -3.85. The number of sulfone groups is 1. The molecule has 0 saturated heterocycles. The van der Waals surface area contributed by atoms with E-state index in [1.54, 1.807) is 18.2 Å². The van der Waals surface area contributed by atoms with E-state index in [4.69, 9.17) is 0 Å². The number of methoxy groups -OCH3 is 1. The second-order valence-electron chi connectivity index (χ2n) is 4.87. The van der Waals surface area contributed by atoms with Crippen LogP contribution in [0.25, 0.3) is 0 Å². The summed E-state index contributed by atoms with van der Waals surface area (Å²) in [5.41, 5.74) is 0.494. The molecule has 1 N–H and O–H groups in total. The number of halogens is 1. The van der Waals surface area contributed by atoms with Crippen LogP contribution in [0.3, 0.4) is 0 Å². The lowest BCUT2D eigenvalue weighted by Gasteiger charge is -2.07. The highest BCUT2D eigenvalue weighted by molar-refractivity contribution is 7.95. The van der Waals surface area contributed by atoms with Crippen molar-refractivity contribution in [3.05, 3.63) is 83.7 Å². The molecule has 0 aliphatic rings. The van der Waals surface area contributed by atoms with E-state index in [1.165, 1.54) is 49.7 Å². The molecule has 0 aromatic heterocycles. The summed E-state index contributed by atoms with van der Waals surface area (Å²) in [5.74, 6) is -1.09. The first-order chi connectivity index (χ1) is 11.9. The maximum Gasteiger partial charge on any atom is 0.330 e. The van der Waals surface area contributed by atoms with E-state index < -0.39 is 21.6 Å². The molecule has 5 nitrogen and oxygen atoms in total.